The Kier molecular flexibility index (Phi) is 7.53. The third-order valence-corrected chi connectivity index (χ3v) is 4.23. The lowest BCUT2D eigenvalue weighted by molar-refractivity contribution is -0.189. The Balaban J connectivity index is 2.38. The Morgan fingerprint density at radius 3 is 2.61 bits per heavy atom. The van der Waals surface area contributed by atoms with Gasteiger partial charge in [0, 0.05) is 23.9 Å². The highest BCUT2D eigenvalue weighted by molar-refractivity contribution is 7.80. The zero-order chi connectivity index (χ0) is 20.7. The SMILES string of the molecule is Cc1cccc(/C=C/c2cccc(NC[C@@H](N)CS)c2OC(=O)C(F)(F)F)c1. The van der Waals surface area contributed by atoms with Crippen molar-refractivity contribution in [2.24, 2.45) is 5.73 Å². The highest BCUT2D eigenvalue weighted by Crippen LogP contribution is 2.32. The smallest absolute Gasteiger partial charge is 0.417 e. The molecule has 8 heteroatoms. The molecule has 2 aromatic carbocycles. The van der Waals surface area contributed by atoms with E-state index in [1.54, 1.807) is 24.3 Å². The summed E-state index contributed by atoms with van der Waals surface area (Å²) in [6.07, 6.45) is -1.78. The van der Waals surface area contributed by atoms with Crippen LogP contribution in [0, 0.1) is 6.92 Å². The number of alkyl halides is 3. The van der Waals surface area contributed by atoms with Crippen LogP contribution in [-0.2, 0) is 4.79 Å². The van der Waals surface area contributed by atoms with E-state index in [9.17, 15) is 18.0 Å². The van der Waals surface area contributed by atoms with Crippen LogP contribution in [0.15, 0.2) is 42.5 Å². The van der Waals surface area contributed by atoms with Gasteiger partial charge in [-0.05, 0) is 18.6 Å². The van der Waals surface area contributed by atoms with Gasteiger partial charge in [-0.25, -0.2) is 4.79 Å². The average molecular weight is 410 g/mol. The van der Waals surface area contributed by atoms with Crippen LogP contribution in [-0.4, -0.2) is 30.5 Å². The molecule has 0 aliphatic carbocycles. The minimum atomic E-state index is -5.11. The third kappa shape index (κ3) is 6.31. The highest BCUT2D eigenvalue weighted by Gasteiger charge is 2.42. The molecule has 0 aromatic heterocycles. The van der Waals surface area contributed by atoms with Crippen molar-refractivity contribution >= 4 is 36.4 Å². The van der Waals surface area contributed by atoms with Crippen LogP contribution < -0.4 is 15.8 Å². The number of nitrogens with two attached hydrogens (primary N) is 1. The van der Waals surface area contributed by atoms with E-state index in [4.69, 9.17) is 5.73 Å². The Bertz CT molecular complexity index is 854. The standard InChI is InChI=1S/C20H21F3N2O2S/c1-13-4-2-5-14(10-13)8-9-15-6-3-7-17(25-11-16(24)12-28)18(15)27-19(26)20(21,22)23/h2-10,16,25,28H,11-12,24H2,1H3/b9-8+/t16-/m1/s1. The second-order valence-electron chi connectivity index (χ2n) is 6.18. The van der Waals surface area contributed by atoms with Crippen molar-refractivity contribution in [2.75, 3.05) is 17.6 Å². The minimum absolute atomic E-state index is 0.208. The fourth-order valence-corrected chi connectivity index (χ4v) is 2.48. The number of benzene rings is 2. The lowest BCUT2D eigenvalue weighted by Crippen LogP contribution is -2.31. The summed E-state index contributed by atoms with van der Waals surface area (Å²) in [6.45, 7) is 2.19. The number of carbonyl (C=O) groups is 1. The van der Waals surface area contributed by atoms with Gasteiger partial charge < -0.3 is 15.8 Å². The number of ether oxygens (including phenoxy) is 1. The summed E-state index contributed by atoms with van der Waals surface area (Å²) >= 11 is 4.07. The van der Waals surface area contributed by atoms with Crippen LogP contribution >= 0.6 is 12.6 Å². The van der Waals surface area contributed by atoms with E-state index in [1.807, 2.05) is 31.2 Å². The van der Waals surface area contributed by atoms with E-state index in [-0.39, 0.29) is 24.0 Å². The number of carbonyl (C=O) groups excluding carboxylic acids is 1. The number of esters is 1. The zero-order valence-corrected chi connectivity index (χ0v) is 16.1. The van der Waals surface area contributed by atoms with Crippen molar-refractivity contribution in [1.82, 2.24) is 0 Å². The summed E-state index contributed by atoms with van der Waals surface area (Å²) in [4.78, 5) is 11.4. The summed E-state index contributed by atoms with van der Waals surface area (Å²) in [6, 6.07) is 12.0. The van der Waals surface area contributed by atoms with Crippen molar-refractivity contribution in [1.29, 1.82) is 0 Å². The number of thiol groups is 1. The molecule has 0 bridgehead atoms. The number of hydrogen-bond acceptors (Lipinski definition) is 5. The molecular formula is C20H21F3N2O2S. The van der Waals surface area contributed by atoms with Gasteiger partial charge in [0.1, 0.15) is 0 Å². The molecule has 150 valence electrons. The molecule has 0 amide bonds. The Morgan fingerprint density at radius 1 is 1.25 bits per heavy atom. The fourth-order valence-electron chi connectivity index (χ4n) is 2.36. The van der Waals surface area contributed by atoms with Crippen LogP contribution in [0.2, 0.25) is 0 Å². The maximum Gasteiger partial charge on any atom is 0.491 e. The number of nitrogens with one attached hydrogen (secondary N) is 1. The van der Waals surface area contributed by atoms with E-state index in [0.29, 0.717) is 11.3 Å². The summed E-state index contributed by atoms with van der Waals surface area (Å²) in [7, 11) is 0. The highest BCUT2D eigenvalue weighted by atomic mass is 32.1. The molecule has 28 heavy (non-hydrogen) atoms. The van der Waals surface area contributed by atoms with E-state index in [2.05, 4.69) is 22.7 Å². The largest absolute Gasteiger partial charge is 0.491 e. The molecule has 0 aliphatic heterocycles. The number of anilines is 1. The molecule has 0 fully saturated rings. The van der Waals surface area contributed by atoms with Gasteiger partial charge >= 0.3 is 12.1 Å². The van der Waals surface area contributed by atoms with Crippen molar-refractivity contribution in [3.8, 4) is 5.75 Å². The predicted molar refractivity (Wildman–Crippen MR) is 109 cm³/mol. The van der Waals surface area contributed by atoms with Gasteiger partial charge in [-0.15, -0.1) is 0 Å². The molecule has 0 heterocycles. The topological polar surface area (TPSA) is 64.3 Å². The quantitative estimate of drug-likeness (QED) is 0.276. The second-order valence-corrected chi connectivity index (χ2v) is 6.55. The Hall–Kier alpha value is -2.45. The molecule has 0 spiro atoms. The van der Waals surface area contributed by atoms with E-state index in [0.717, 1.165) is 11.1 Å². The molecule has 0 aliphatic rings. The summed E-state index contributed by atoms with van der Waals surface area (Å²) < 4.78 is 42.8. The lowest BCUT2D eigenvalue weighted by atomic mass is 10.1. The molecule has 0 radical (unpaired) electrons. The van der Waals surface area contributed by atoms with Gasteiger partial charge in [-0.1, -0.05) is 54.1 Å². The van der Waals surface area contributed by atoms with Gasteiger partial charge in [0.05, 0.1) is 5.69 Å². The zero-order valence-electron chi connectivity index (χ0n) is 15.2. The van der Waals surface area contributed by atoms with Gasteiger partial charge in [-0.3, -0.25) is 0 Å². The maximum absolute atomic E-state index is 12.7. The first-order chi connectivity index (χ1) is 13.2. The van der Waals surface area contributed by atoms with Crippen LogP contribution in [0.3, 0.4) is 0 Å². The Morgan fingerprint density at radius 2 is 1.96 bits per heavy atom. The first-order valence-electron chi connectivity index (χ1n) is 8.47. The molecule has 3 N–H and O–H groups in total. The van der Waals surface area contributed by atoms with E-state index >= 15 is 0 Å². The predicted octanol–water partition coefficient (Wildman–Crippen LogP) is 4.30. The Labute approximate surface area is 167 Å². The molecule has 2 rings (SSSR count). The van der Waals surface area contributed by atoms with Crippen LogP contribution in [0.5, 0.6) is 5.75 Å². The van der Waals surface area contributed by atoms with Crippen LogP contribution in [0.1, 0.15) is 16.7 Å². The molecule has 2 aromatic rings. The lowest BCUT2D eigenvalue weighted by Gasteiger charge is -2.17. The molecule has 0 saturated heterocycles. The maximum atomic E-state index is 12.7. The summed E-state index contributed by atoms with van der Waals surface area (Å²) in [5.74, 6) is -2.11. The van der Waals surface area contributed by atoms with Crippen molar-refractivity contribution in [3.63, 3.8) is 0 Å². The molecule has 0 saturated carbocycles. The van der Waals surface area contributed by atoms with E-state index in [1.165, 1.54) is 6.07 Å². The number of hydrogen-bond donors (Lipinski definition) is 3. The third-order valence-electron chi connectivity index (χ3n) is 3.76. The van der Waals surface area contributed by atoms with Crippen LogP contribution in [0.4, 0.5) is 18.9 Å². The van der Waals surface area contributed by atoms with E-state index < -0.39 is 12.1 Å². The van der Waals surface area contributed by atoms with Gasteiger partial charge in [0.25, 0.3) is 0 Å². The molecule has 0 unspecified atom stereocenters. The minimum Gasteiger partial charge on any atom is -0.417 e. The summed E-state index contributed by atoms with van der Waals surface area (Å²) in [5, 5.41) is 2.92. The number of para-hydroxylation sites is 1. The second kappa shape index (κ2) is 9.66. The normalized spacial score (nSPS) is 12.8. The number of halogens is 3. The molecule has 1 atom stereocenters. The van der Waals surface area contributed by atoms with Crippen LogP contribution in [0.25, 0.3) is 12.2 Å². The summed E-state index contributed by atoms with van der Waals surface area (Å²) in [5.41, 5.74) is 8.26. The fraction of sp³-hybridized carbons (Fsp3) is 0.250. The van der Waals surface area contributed by atoms with Gasteiger partial charge in [-0.2, -0.15) is 25.8 Å². The van der Waals surface area contributed by atoms with Gasteiger partial charge in [0.15, 0.2) is 5.75 Å². The van der Waals surface area contributed by atoms with Gasteiger partial charge in [0.2, 0.25) is 0 Å². The molecular weight excluding hydrogens is 389 g/mol. The average Bonchev–Trinajstić information content (AvgIpc) is 2.64. The van der Waals surface area contributed by atoms with Crippen molar-refractivity contribution in [2.45, 2.75) is 19.1 Å². The van der Waals surface area contributed by atoms with Crippen molar-refractivity contribution < 1.29 is 22.7 Å². The number of rotatable bonds is 7. The van der Waals surface area contributed by atoms with Crippen molar-refractivity contribution in [3.05, 3.63) is 59.2 Å². The molecule has 4 nitrogen and oxygen atoms in total. The first-order valence-corrected chi connectivity index (χ1v) is 9.11. The number of aryl methyl sites for hydroxylation is 1. The monoisotopic (exact) mass is 410 g/mol. The first kappa shape index (κ1) is 21.8.